The number of nitrogens with one attached hydrogen (secondary N) is 1. The van der Waals surface area contributed by atoms with Crippen LogP contribution in [0.25, 0.3) is 0 Å². The molecule has 26 heavy (non-hydrogen) atoms. The summed E-state index contributed by atoms with van der Waals surface area (Å²) in [4.78, 5) is 23.6. The summed E-state index contributed by atoms with van der Waals surface area (Å²) in [5.74, 6) is -0.0868. The molecule has 136 valence electrons. The van der Waals surface area contributed by atoms with Crippen LogP contribution < -0.4 is 9.62 Å². The van der Waals surface area contributed by atoms with E-state index < -0.39 is 14.9 Å². The number of non-ortho nitro benzene ring substituents is 1. The number of nitro benzene ring substituents is 1. The summed E-state index contributed by atoms with van der Waals surface area (Å²) in [6.45, 7) is 2.09. The van der Waals surface area contributed by atoms with E-state index in [9.17, 15) is 23.3 Å². The Balaban J connectivity index is 1.92. The largest absolute Gasteiger partial charge is 0.312 e. The molecule has 1 N–H and O–H groups in total. The molecule has 3 rings (SSSR count). The zero-order valence-electron chi connectivity index (χ0n) is 14.0. The standard InChI is InChI=1S/C17H17N3O5S/c1-12(21)19-9-3-4-13-10-16(7-8-17(13)19)26(24,25)18-14-5-2-6-15(11-14)20(22)23/h2,5-8,10-11,18H,3-4,9H2,1H3. The molecule has 2 aromatic rings. The van der Waals surface area contributed by atoms with Gasteiger partial charge in [-0.2, -0.15) is 0 Å². The van der Waals surface area contributed by atoms with Gasteiger partial charge in [-0.1, -0.05) is 6.07 Å². The minimum absolute atomic E-state index is 0.0492. The van der Waals surface area contributed by atoms with Gasteiger partial charge < -0.3 is 4.90 Å². The number of carbonyl (C=O) groups is 1. The number of fused-ring (bicyclic) bond motifs is 1. The van der Waals surface area contributed by atoms with E-state index in [2.05, 4.69) is 4.72 Å². The Labute approximate surface area is 150 Å². The van der Waals surface area contributed by atoms with Crippen molar-refractivity contribution in [3.05, 3.63) is 58.1 Å². The quantitative estimate of drug-likeness (QED) is 0.653. The van der Waals surface area contributed by atoms with E-state index in [0.29, 0.717) is 13.0 Å². The van der Waals surface area contributed by atoms with Crippen LogP contribution in [0, 0.1) is 10.1 Å². The van der Waals surface area contributed by atoms with Gasteiger partial charge in [0, 0.05) is 31.3 Å². The van der Waals surface area contributed by atoms with Crippen LogP contribution in [0.2, 0.25) is 0 Å². The third-order valence-electron chi connectivity index (χ3n) is 4.17. The van der Waals surface area contributed by atoms with Gasteiger partial charge in [0.2, 0.25) is 5.91 Å². The average molecular weight is 375 g/mol. The molecule has 0 saturated heterocycles. The second-order valence-electron chi connectivity index (χ2n) is 5.98. The van der Waals surface area contributed by atoms with Gasteiger partial charge in [-0.05, 0) is 42.7 Å². The van der Waals surface area contributed by atoms with Crippen LogP contribution in [-0.4, -0.2) is 25.8 Å². The van der Waals surface area contributed by atoms with Crippen molar-refractivity contribution in [1.29, 1.82) is 0 Å². The van der Waals surface area contributed by atoms with Gasteiger partial charge in [-0.3, -0.25) is 19.6 Å². The Bertz CT molecular complexity index is 988. The topological polar surface area (TPSA) is 110 Å². The zero-order valence-corrected chi connectivity index (χ0v) is 14.8. The highest BCUT2D eigenvalue weighted by atomic mass is 32.2. The third-order valence-corrected chi connectivity index (χ3v) is 5.55. The van der Waals surface area contributed by atoms with Crippen LogP contribution in [-0.2, 0) is 21.2 Å². The highest BCUT2D eigenvalue weighted by molar-refractivity contribution is 7.92. The number of hydrogen-bond acceptors (Lipinski definition) is 5. The molecular weight excluding hydrogens is 358 g/mol. The van der Waals surface area contributed by atoms with Crippen LogP contribution in [0.5, 0.6) is 0 Å². The number of sulfonamides is 1. The lowest BCUT2D eigenvalue weighted by Crippen LogP contribution is -2.33. The summed E-state index contributed by atoms with van der Waals surface area (Å²) in [6, 6.07) is 9.90. The molecule has 0 aromatic heterocycles. The van der Waals surface area contributed by atoms with Gasteiger partial charge in [-0.25, -0.2) is 8.42 Å². The molecule has 9 heteroatoms. The number of rotatable bonds is 4. The molecule has 0 aliphatic carbocycles. The fourth-order valence-electron chi connectivity index (χ4n) is 2.96. The van der Waals surface area contributed by atoms with Crippen LogP contribution in [0.15, 0.2) is 47.4 Å². The highest BCUT2D eigenvalue weighted by Gasteiger charge is 2.23. The third kappa shape index (κ3) is 3.52. The predicted octanol–water partition coefficient (Wildman–Crippen LogP) is 2.69. The Morgan fingerprint density at radius 2 is 2.00 bits per heavy atom. The number of nitrogens with zero attached hydrogens (tertiary/aromatic N) is 2. The van der Waals surface area contributed by atoms with E-state index in [-0.39, 0.29) is 22.2 Å². The number of hydrogen-bond donors (Lipinski definition) is 1. The normalized spacial score (nSPS) is 13.8. The maximum Gasteiger partial charge on any atom is 0.271 e. The van der Waals surface area contributed by atoms with Crippen molar-refractivity contribution < 1.29 is 18.1 Å². The molecule has 1 heterocycles. The summed E-state index contributed by atoms with van der Waals surface area (Å²) in [6.07, 6.45) is 1.44. The first-order chi connectivity index (χ1) is 12.3. The Morgan fingerprint density at radius 1 is 1.23 bits per heavy atom. The summed E-state index contributed by atoms with van der Waals surface area (Å²) in [7, 11) is -3.90. The molecule has 1 aliphatic rings. The van der Waals surface area contributed by atoms with Crippen molar-refractivity contribution in [2.75, 3.05) is 16.2 Å². The molecule has 0 saturated carbocycles. The van der Waals surface area contributed by atoms with E-state index in [1.165, 1.54) is 31.2 Å². The number of carbonyl (C=O) groups excluding carboxylic acids is 1. The van der Waals surface area contributed by atoms with Gasteiger partial charge in [0.15, 0.2) is 0 Å². The maximum atomic E-state index is 12.6. The molecule has 0 radical (unpaired) electrons. The second-order valence-corrected chi connectivity index (χ2v) is 7.66. The smallest absolute Gasteiger partial charge is 0.271 e. The average Bonchev–Trinajstić information content (AvgIpc) is 2.60. The molecular formula is C17H17N3O5S. The van der Waals surface area contributed by atoms with Gasteiger partial charge in [0.05, 0.1) is 15.5 Å². The van der Waals surface area contributed by atoms with E-state index in [1.54, 1.807) is 17.0 Å². The number of anilines is 2. The molecule has 1 amide bonds. The summed E-state index contributed by atoms with van der Waals surface area (Å²) < 4.78 is 27.6. The number of amides is 1. The fraction of sp³-hybridized carbons (Fsp3) is 0.235. The lowest BCUT2D eigenvalue weighted by Gasteiger charge is -2.28. The number of benzene rings is 2. The van der Waals surface area contributed by atoms with Crippen molar-refractivity contribution in [2.24, 2.45) is 0 Å². The summed E-state index contributed by atoms with van der Waals surface area (Å²) in [5.41, 5.74) is 1.42. The van der Waals surface area contributed by atoms with E-state index >= 15 is 0 Å². The van der Waals surface area contributed by atoms with Crippen molar-refractivity contribution in [3.8, 4) is 0 Å². The van der Waals surface area contributed by atoms with E-state index in [1.807, 2.05) is 0 Å². The highest BCUT2D eigenvalue weighted by Crippen LogP contribution is 2.30. The van der Waals surface area contributed by atoms with Crippen LogP contribution in [0.3, 0.4) is 0 Å². The molecule has 0 atom stereocenters. The molecule has 0 bridgehead atoms. The van der Waals surface area contributed by atoms with Crippen molar-refractivity contribution in [2.45, 2.75) is 24.7 Å². The monoisotopic (exact) mass is 375 g/mol. The summed E-state index contributed by atoms with van der Waals surface area (Å²) >= 11 is 0. The van der Waals surface area contributed by atoms with Gasteiger partial charge >= 0.3 is 0 Å². The number of aryl methyl sites for hydroxylation is 1. The SMILES string of the molecule is CC(=O)N1CCCc2cc(S(=O)(=O)Nc3cccc([N+](=O)[O-])c3)ccc21. The Morgan fingerprint density at radius 3 is 2.69 bits per heavy atom. The first-order valence-electron chi connectivity index (χ1n) is 7.96. The molecule has 0 fully saturated rings. The lowest BCUT2D eigenvalue weighted by molar-refractivity contribution is -0.384. The fourth-order valence-corrected chi connectivity index (χ4v) is 4.06. The summed E-state index contributed by atoms with van der Waals surface area (Å²) in [5, 5.41) is 10.8. The lowest BCUT2D eigenvalue weighted by atomic mass is 10.0. The molecule has 0 unspecified atom stereocenters. The number of nitro groups is 1. The minimum atomic E-state index is -3.90. The maximum absolute atomic E-state index is 12.6. The first kappa shape index (κ1) is 17.9. The van der Waals surface area contributed by atoms with Gasteiger partial charge in [0.1, 0.15) is 0 Å². The van der Waals surface area contributed by atoms with Gasteiger partial charge in [0.25, 0.3) is 15.7 Å². The minimum Gasteiger partial charge on any atom is -0.312 e. The van der Waals surface area contributed by atoms with Crippen LogP contribution in [0.4, 0.5) is 17.1 Å². The molecule has 8 nitrogen and oxygen atoms in total. The van der Waals surface area contributed by atoms with Crippen LogP contribution in [0.1, 0.15) is 18.9 Å². The van der Waals surface area contributed by atoms with E-state index in [4.69, 9.17) is 0 Å². The Kier molecular flexibility index (Phi) is 4.64. The Hall–Kier alpha value is -2.94. The van der Waals surface area contributed by atoms with Crippen molar-refractivity contribution in [1.82, 2.24) is 0 Å². The first-order valence-corrected chi connectivity index (χ1v) is 9.44. The molecule has 0 spiro atoms. The zero-order chi connectivity index (χ0) is 18.9. The molecule has 2 aromatic carbocycles. The van der Waals surface area contributed by atoms with Gasteiger partial charge in [-0.15, -0.1) is 0 Å². The second kappa shape index (κ2) is 6.75. The van der Waals surface area contributed by atoms with E-state index in [0.717, 1.165) is 23.7 Å². The predicted molar refractivity (Wildman–Crippen MR) is 96.7 cm³/mol. The van der Waals surface area contributed by atoms with Crippen LogP contribution >= 0.6 is 0 Å². The van der Waals surface area contributed by atoms with Crippen molar-refractivity contribution in [3.63, 3.8) is 0 Å². The van der Waals surface area contributed by atoms with Crippen molar-refractivity contribution >= 4 is 33.0 Å². The molecule has 1 aliphatic heterocycles.